The van der Waals surface area contributed by atoms with Crippen LogP contribution in [-0.4, -0.2) is 51.3 Å². The van der Waals surface area contributed by atoms with E-state index in [1.807, 2.05) is 30.3 Å². The molecule has 7 heteroatoms. The quantitative estimate of drug-likeness (QED) is 0.718. The lowest BCUT2D eigenvalue weighted by Crippen LogP contribution is -2.50. The number of amides is 1. The highest BCUT2D eigenvalue weighted by molar-refractivity contribution is 7.91. The van der Waals surface area contributed by atoms with Gasteiger partial charge in [0.1, 0.15) is 0 Å². The van der Waals surface area contributed by atoms with E-state index in [2.05, 4.69) is 0 Å². The van der Waals surface area contributed by atoms with E-state index in [0.29, 0.717) is 49.6 Å². The topological polar surface area (TPSA) is 63.7 Å². The lowest BCUT2D eigenvalue weighted by atomic mass is 9.73. The molecule has 0 aliphatic carbocycles. The smallest absolute Gasteiger partial charge is 0.233 e. The number of benzene rings is 2. The third-order valence-corrected chi connectivity index (χ3v) is 8.81. The van der Waals surface area contributed by atoms with Crippen molar-refractivity contribution in [1.29, 1.82) is 0 Å². The van der Waals surface area contributed by atoms with Crippen LogP contribution in [-0.2, 0) is 24.8 Å². The molecule has 0 radical (unpaired) electrons. The first-order valence-corrected chi connectivity index (χ1v) is 12.4. The fourth-order valence-electron chi connectivity index (χ4n) is 4.64. The van der Waals surface area contributed by atoms with Gasteiger partial charge in [-0.2, -0.15) is 0 Å². The molecule has 160 valence electrons. The molecule has 1 atom stereocenters. The van der Waals surface area contributed by atoms with Crippen LogP contribution in [0.3, 0.4) is 0 Å². The minimum Gasteiger partial charge on any atom is -0.381 e. The van der Waals surface area contributed by atoms with Crippen LogP contribution in [0.5, 0.6) is 0 Å². The minimum atomic E-state index is -3.42. The predicted molar refractivity (Wildman–Crippen MR) is 117 cm³/mol. The zero-order valence-corrected chi connectivity index (χ0v) is 18.4. The van der Waals surface area contributed by atoms with Crippen molar-refractivity contribution in [1.82, 2.24) is 4.90 Å². The molecule has 2 aliphatic rings. The Kier molecular flexibility index (Phi) is 6.19. The van der Waals surface area contributed by atoms with Gasteiger partial charge in [-0.05, 0) is 36.5 Å². The highest BCUT2D eigenvalue weighted by atomic mass is 35.5. The molecule has 4 rings (SSSR count). The average molecular weight is 448 g/mol. The van der Waals surface area contributed by atoms with E-state index < -0.39 is 20.5 Å². The molecule has 30 heavy (non-hydrogen) atoms. The number of rotatable bonds is 3. The monoisotopic (exact) mass is 447 g/mol. The van der Waals surface area contributed by atoms with Gasteiger partial charge in [-0.3, -0.25) is 4.79 Å². The van der Waals surface area contributed by atoms with Gasteiger partial charge >= 0.3 is 0 Å². The molecule has 2 saturated heterocycles. The largest absolute Gasteiger partial charge is 0.381 e. The van der Waals surface area contributed by atoms with Gasteiger partial charge in [0.05, 0.1) is 16.4 Å². The highest BCUT2D eigenvalue weighted by Crippen LogP contribution is 2.39. The maximum absolute atomic E-state index is 13.8. The number of ether oxygens (including phenoxy) is 1. The molecule has 2 aromatic rings. The second-order valence-corrected chi connectivity index (χ2v) is 10.7. The summed E-state index contributed by atoms with van der Waals surface area (Å²) in [5, 5.41) is -0.234. The van der Waals surface area contributed by atoms with Crippen LogP contribution in [0.2, 0.25) is 5.02 Å². The molecule has 0 aromatic heterocycles. The summed E-state index contributed by atoms with van der Waals surface area (Å²) >= 11 is 6.30. The molecule has 0 saturated carbocycles. The third-order valence-electron chi connectivity index (χ3n) is 6.36. The first-order chi connectivity index (χ1) is 14.4. The number of nitrogens with zero attached hydrogens (tertiary/aromatic N) is 1. The van der Waals surface area contributed by atoms with Gasteiger partial charge in [0.25, 0.3) is 0 Å². The summed E-state index contributed by atoms with van der Waals surface area (Å²) in [6, 6.07) is 16.9. The third kappa shape index (κ3) is 4.01. The minimum absolute atomic E-state index is 0.00649. The van der Waals surface area contributed by atoms with E-state index in [1.165, 1.54) is 0 Å². The number of hydrogen-bond acceptors (Lipinski definition) is 4. The van der Waals surface area contributed by atoms with E-state index in [0.717, 1.165) is 5.56 Å². The van der Waals surface area contributed by atoms with Crippen LogP contribution in [0.15, 0.2) is 54.6 Å². The van der Waals surface area contributed by atoms with Gasteiger partial charge in [0, 0.05) is 31.3 Å². The van der Waals surface area contributed by atoms with E-state index in [4.69, 9.17) is 16.3 Å². The molecule has 1 amide bonds. The van der Waals surface area contributed by atoms with Gasteiger partial charge in [-0.1, -0.05) is 60.1 Å². The van der Waals surface area contributed by atoms with E-state index in [-0.39, 0.29) is 18.2 Å². The fourth-order valence-corrected chi connectivity index (χ4v) is 6.79. The lowest BCUT2D eigenvalue weighted by molar-refractivity contribution is -0.141. The van der Waals surface area contributed by atoms with Crippen molar-refractivity contribution < 1.29 is 17.9 Å². The number of carbonyl (C=O) groups is 1. The second-order valence-electron chi connectivity index (χ2n) is 8.02. The summed E-state index contributed by atoms with van der Waals surface area (Å²) in [6.45, 7) is 1.64. The standard InChI is InChI=1S/C23H26ClNO4S/c24-20-9-5-4-8-19(20)21-10-13-25(14-17-30(21,27)28)22(26)23(11-15-29-16-12-23)18-6-2-1-3-7-18/h1-9,21H,10-17H2/t21-/m0/s1. The molecule has 2 heterocycles. The molecule has 5 nitrogen and oxygen atoms in total. The van der Waals surface area contributed by atoms with Crippen LogP contribution in [0, 0.1) is 0 Å². The Bertz CT molecular complexity index is 1000. The van der Waals surface area contributed by atoms with Crippen LogP contribution >= 0.6 is 11.6 Å². The highest BCUT2D eigenvalue weighted by Gasteiger charge is 2.45. The van der Waals surface area contributed by atoms with Gasteiger partial charge in [-0.15, -0.1) is 0 Å². The maximum Gasteiger partial charge on any atom is 0.233 e. The zero-order chi connectivity index (χ0) is 21.2. The molecule has 2 fully saturated rings. The Morgan fingerprint density at radius 1 is 1.00 bits per heavy atom. The Morgan fingerprint density at radius 2 is 1.67 bits per heavy atom. The van der Waals surface area contributed by atoms with E-state index in [9.17, 15) is 13.2 Å². The van der Waals surface area contributed by atoms with Crippen LogP contribution < -0.4 is 0 Å². The SMILES string of the molecule is O=C(N1CC[C@@H](c2ccccc2Cl)S(=O)(=O)CC1)C1(c2ccccc2)CCOCC1. The fraction of sp³-hybridized carbons (Fsp3) is 0.435. The van der Waals surface area contributed by atoms with Crippen LogP contribution in [0.4, 0.5) is 0 Å². The van der Waals surface area contributed by atoms with Gasteiger partial charge < -0.3 is 9.64 Å². The molecule has 2 aliphatic heterocycles. The number of carbonyl (C=O) groups excluding carboxylic acids is 1. The molecule has 0 spiro atoms. The van der Waals surface area contributed by atoms with Crippen molar-refractivity contribution in [2.45, 2.75) is 29.9 Å². The van der Waals surface area contributed by atoms with Crippen molar-refractivity contribution in [2.24, 2.45) is 0 Å². The summed E-state index contributed by atoms with van der Waals surface area (Å²) in [5.74, 6) is -0.0530. The average Bonchev–Trinajstić information content (AvgIpc) is 2.93. The summed E-state index contributed by atoms with van der Waals surface area (Å²) < 4.78 is 31.6. The molecule has 0 unspecified atom stereocenters. The van der Waals surface area contributed by atoms with E-state index in [1.54, 1.807) is 29.2 Å². The normalized spacial score (nSPS) is 23.5. The van der Waals surface area contributed by atoms with Crippen molar-refractivity contribution >= 4 is 27.3 Å². The first kappa shape index (κ1) is 21.3. The number of sulfone groups is 1. The Balaban J connectivity index is 1.63. The van der Waals surface area contributed by atoms with E-state index >= 15 is 0 Å². The first-order valence-electron chi connectivity index (χ1n) is 10.3. The molecule has 0 N–H and O–H groups in total. The Morgan fingerprint density at radius 3 is 2.37 bits per heavy atom. The zero-order valence-electron chi connectivity index (χ0n) is 16.8. The number of halogens is 1. The second kappa shape index (κ2) is 8.69. The van der Waals surface area contributed by atoms with Gasteiger partial charge in [-0.25, -0.2) is 8.42 Å². The van der Waals surface area contributed by atoms with Crippen LogP contribution in [0.1, 0.15) is 35.6 Å². The molecular weight excluding hydrogens is 422 g/mol. The Labute approximate surface area is 182 Å². The summed E-state index contributed by atoms with van der Waals surface area (Å²) in [4.78, 5) is 15.5. The summed E-state index contributed by atoms with van der Waals surface area (Å²) in [7, 11) is -3.42. The molecule has 0 bridgehead atoms. The Hall–Kier alpha value is -1.89. The lowest BCUT2D eigenvalue weighted by Gasteiger charge is -2.40. The van der Waals surface area contributed by atoms with Gasteiger partial charge in [0.15, 0.2) is 9.84 Å². The maximum atomic E-state index is 13.8. The van der Waals surface area contributed by atoms with Gasteiger partial charge in [0.2, 0.25) is 5.91 Å². The summed E-state index contributed by atoms with van der Waals surface area (Å²) in [6.07, 6.45) is 1.55. The number of hydrogen-bond donors (Lipinski definition) is 0. The van der Waals surface area contributed by atoms with Crippen molar-refractivity contribution in [3.63, 3.8) is 0 Å². The summed E-state index contributed by atoms with van der Waals surface area (Å²) in [5.41, 5.74) is 0.943. The van der Waals surface area contributed by atoms with Crippen molar-refractivity contribution in [3.05, 3.63) is 70.7 Å². The van der Waals surface area contributed by atoms with Crippen LogP contribution in [0.25, 0.3) is 0 Å². The molecular formula is C23H26ClNO4S. The molecule has 2 aromatic carbocycles. The van der Waals surface area contributed by atoms with Crippen molar-refractivity contribution in [2.75, 3.05) is 32.1 Å². The predicted octanol–water partition coefficient (Wildman–Crippen LogP) is 3.78. The van der Waals surface area contributed by atoms with Crippen molar-refractivity contribution in [3.8, 4) is 0 Å².